The van der Waals surface area contributed by atoms with Gasteiger partial charge in [0, 0.05) is 51.6 Å². The number of nitrogens with zero attached hydrogens (tertiary/aromatic N) is 3. The summed E-state index contributed by atoms with van der Waals surface area (Å²) in [5, 5.41) is 0. The van der Waals surface area contributed by atoms with E-state index in [0.717, 1.165) is 52.5 Å². The molecule has 160 valence electrons. The molecule has 1 aromatic rings. The van der Waals surface area contributed by atoms with E-state index in [-0.39, 0.29) is 0 Å². The molecule has 0 spiro atoms. The molecule has 4 nitrogen and oxygen atoms in total. The van der Waals surface area contributed by atoms with Gasteiger partial charge < -0.3 is 14.5 Å². The molecule has 0 aromatic heterocycles. The van der Waals surface area contributed by atoms with Crippen molar-refractivity contribution in [3.05, 3.63) is 29.8 Å². The van der Waals surface area contributed by atoms with Gasteiger partial charge in [0.1, 0.15) is 0 Å². The lowest BCUT2D eigenvalue weighted by Gasteiger charge is -2.34. The van der Waals surface area contributed by atoms with Crippen LogP contribution >= 0.6 is 11.9 Å². The van der Waals surface area contributed by atoms with E-state index in [0.29, 0.717) is 0 Å². The maximum Gasteiger partial charge on any atom is 0.0466 e. The van der Waals surface area contributed by atoms with Crippen molar-refractivity contribution in [3.63, 3.8) is 0 Å². The van der Waals surface area contributed by atoms with Gasteiger partial charge in [-0.05, 0) is 56.8 Å². The third-order valence-electron chi connectivity index (χ3n) is 5.47. The number of unbranched alkanes of at least 4 members (excludes halogenated alkanes) is 4. The highest BCUT2D eigenvalue weighted by Gasteiger charge is 2.16. The number of rotatable bonds is 14. The zero-order valence-electron chi connectivity index (χ0n) is 18.4. The summed E-state index contributed by atoms with van der Waals surface area (Å²) in [7, 11) is 2.22. The molecule has 1 saturated heterocycles. The Labute approximate surface area is 177 Å². The Balaban J connectivity index is 1.56. The Hall–Kier alpha value is -0.750. The van der Waals surface area contributed by atoms with Gasteiger partial charge in [-0.1, -0.05) is 50.3 Å². The summed E-state index contributed by atoms with van der Waals surface area (Å²) < 4.78 is 8.18. The van der Waals surface area contributed by atoms with E-state index in [1.165, 1.54) is 49.8 Å². The second kappa shape index (κ2) is 14.3. The molecule has 1 aliphatic heterocycles. The van der Waals surface area contributed by atoms with E-state index < -0.39 is 0 Å². The molecular weight excluding hydrogens is 366 g/mol. The highest BCUT2D eigenvalue weighted by molar-refractivity contribution is 7.96. The van der Waals surface area contributed by atoms with Gasteiger partial charge in [-0.3, -0.25) is 0 Å². The Bertz CT molecular complexity index is 503. The van der Waals surface area contributed by atoms with Gasteiger partial charge in [0.15, 0.2) is 0 Å². The standard InChI is InChI=1S/C23H41N3OS/c1-4-5-6-8-19-27-20-9-7-14-24(2)21-22-10-12-23(13-11-22)25-15-17-26(28-3)18-16-25/h10-13H,4-9,14-21H2,1-3H3. The Morgan fingerprint density at radius 3 is 2.25 bits per heavy atom. The third kappa shape index (κ3) is 9.17. The first-order chi connectivity index (χ1) is 13.7. The van der Waals surface area contributed by atoms with Gasteiger partial charge in [0.2, 0.25) is 0 Å². The maximum absolute atomic E-state index is 5.74. The van der Waals surface area contributed by atoms with Crippen molar-refractivity contribution in [2.24, 2.45) is 0 Å². The summed E-state index contributed by atoms with van der Waals surface area (Å²) in [6, 6.07) is 9.19. The summed E-state index contributed by atoms with van der Waals surface area (Å²) in [5.41, 5.74) is 2.77. The Morgan fingerprint density at radius 1 is 0.929 bits per heavy atom. The smallest absolute Gasteiger partial charge is 0.0466 e. The molecule has 0 saturated carbocycles. The van der Waals surface area contributed by atoms with Crippen LogP contribution in [0.15, 0.2) is 24.3 Å². The van der Waals surface area contributed by atoms with E-state index >= 15 is 0 Å². The van der Waals surface area contributed by atoms with Gasteiger partial charge in [-0.15, -0.1) is 0 Å². The zero-order chi connectivity index (χ0) is 20.0. The van der Waals surface area contributed by atoms with Gasteiger partial charge in [0.25, 0.3) is 0 Å². The van der Waals surface area contributed by atoms with Gasteiger partial charge >= 0.3 is 0 Å². The van der Waals surface area contributed by atoms with Crippen LogP contribution in [0.2, 0.25) is 0 Å². The molecule has 0 bridgehead atoms. The molecule has 1 heterocycles. The van der Waals surface area contributed by atoms with Crippen LogP contribution in [0.3, 0.4) is 0 Å². The zero-order valence-corrected chi connectivity index (χ0v) is 19.2. The van der Waals surface area contributed by atoms with Crippen LogP contribution in [-0.2, 0) is 11.3 Å². The predicted octanol–water partition coefficient (Wildman–Crippen LogP) is 4.90. The minimum absolute atomic E-state index is 0.915. The van der Waals surface area contributed by atoms with E-state index in [4.69, 9.17) is 4.74 Å². The second-order valence-corrected chi connectivity index (χ2v) is 8.76. The number of hydrogen-bond donors (Lipinski definition) is 0. The molecule has 1 aliphatic rings. The average Bonchev–Trinajstić information content (AvgIpc) is 2.73. The minimum atomic E-state index is 0.915. The fraction of sp³-hybridized carbons (Fsp3) is 0.739. The fourth-order valence-electron chi connectivity index (χ4n) is 3.65. The summed E-state index contributed by atoms with van der Waals surface area (Å²) >= 11 is 1.86. The first-order valence-electron chi connectivity index (χ1n) is 11.1. The van der Waals surface area contributed by atoms with E-state index in [9.17, 15) is 0 Å². The van der Waals surface area contributed by atoms with Crippen molar-refractivity contribution < 1.29 is 4.74 Å². The first kappa shape index (κ1) is 23.5. The summed E-state index contributed by atoms with van der Waals surface area (Å²) in [6.45, 7) is 10.8. The lowest BCUT2D eigenvalue weighted by atomic mass is 10.1. The lowest BCUT2D eigenvalue weighted by molar-refractivity contribution is 0.123. The number of anilines is 1. The van der Waals surface area contributed by atoms with Crippen LogP contribution in [0.25, 0.3) is 0 Å². The maximum atomic E-state index is 5.74. The molecule has 0 N–H and O–H groups in total. The van der Waals surface area contributed by atoms with Crippen LogP contribution < -0.4 is 4.90 Å². The van der Waals surface area contributed by atoms with Crippen LogP contribution in [-0.4, -0.2) is 68.4 Å². The number of ether oxygens (including phenoxy) is 1. The second-order valence-electron chi connectivity index (χ2n) is 7.88. The molecular formula is C23H41N3OS. The SMILES string of the molecule is CCCCCCOCCCCN(C)Cc1ccc(N2CCN(SC)CC2)cc1. The largest absolute Gasteiger partial charge is 0.381 e. The number of benzene rings is 1. The monoisotopic (exact) mass is 407 g/mol. The Kier molecular flexibility index (Phi) is 12.0. The highest BCUT2D eigenvalue weighted by Crippen LogP contribution is 2.20. The van der Waals surface area contributed by atoms with Crippen molar-refractivity contribution in [3.8, 4) is 0 Å². The normalized spacial score (nSPS) is 15.5. The summed E-state index contributed by atoms with van der Waals surface area (Å²) in [6.07, 6.45) is 9.71. The highest BCUT2D eigenvalue weighted by atomic mass is 32.2. The Morgan fingerprint density at radius 2 is 1.61 bits per heavy atom. The molecule has 28 heavy (non-hydrogen) atoms. The van der Waals surface area contributed by atoms with E-state index in [1.807, 2.05) is 11.9 Å². The number of hydrogen-bond acceptors (Lipinski definition) is 5. The van der Waals surface area contributed by atoms with Crippen molar-refractivity contribution in [2.75, 3.05) is 64.1 Å². The summed E-state index contributed by atoms with van der Waals surface area (Å²) in [4.78, 5) is 4.93. The van der Waals surface area contributed by atoms with Gasteiger partial charge in [0.05, 0.1) is 0 Å². The molecule has 0 aliphatic carbocycles. The molecule has 1 fully saturated rings. The van der Waals surface area contributed by atoms with Crippen molar-refractivity contribution in [1.82, 2.24) is 9.21 Å². The fourth-order valence-corrected chi connectivity index (χ4v) is 4.18. The molecule has 1 aromatic carbocycles. The molecule has 5 heteroatoms. The average molecular weight is 408 g/mol. The van der Waals surface area contributed by atoms with Crippen molar-refractivity contribution >= 4 is 17.6 Å². The molecule has 2 rings (SSSR count). The molecule has 0 atom stereocenters. The van der Waals surface area contributed by atoms with Gasteiger partial charge in [-0.25, -0.2) is 4.31 Å². The van der Waals surface area contributed by atoms with Gasteiger partial charge in [-0.2, -0.15) is 0 Å². The number of piperazine rings is 1. The predicted molar refractivity (Wildman–Crippen MR) is 124 cm³/mol. The first-order valence-corrected chi connectivity index (χ1v) is 12.3. The summed E-state index contributed by atoms with van der Waals surface area (Å²) in [5.74, 6) is 0. The van der Waals surface area contributed by atoms with Crippen molar-refractivity contribution in [1.29, 1.82) is 0 Å². The topological polar surface area (TPSA) is 19.0 Å². The van der Waals surface area contributed by atoms with E-state index in [1.54, 1.807) is 0 Å². The molecule has 0 radical (unpaired) electrons. The molecule has 0 unspecified atom stereocenters. The van der Waals surface area contributed by atoms with Crippen LogP contribution in [0.1, 0.15) is 51.0 Å². The van der Waals surface area contributed by atoms with Crippen molar-refractivity contribution in [2.45, 2.75) is 52.0 Å². The van der Waals surface area contributed by atoms with Crippen LogP contribution in [0, 0.1) is 0 Å². The van der Waals surface area contributed by atoms with Crippen LogP contribution in [0.4, 0.5) is 5.69 Å². The lowest BCUT2D eigenvalue weighted by Crippen LogP contribution is -2.43. The quantitative estimate of drug-likeness (QED) is 0.322. The van der Waals surface area contributed by atoms with Crippen LogP contribution in [0.5, 0.6) is 0 Å². The molecule has 0 amide bonds. The third-order valence-corrected chi connectivity index (χ3v) is 6.35. The van der Waals surface area contributed by atoms with E-state index in [2.05, 4.69) is 58.6 Å². The minimum Gasteiger partial charge on any atom is -0.381 e.